The molecular weight excluding hydrogens is 277 g/mol. The van der Waals surface area contributed by atoms with Crippen LogP contribution < -0.4 is 5.73 Å². The molecule has 2 atom stereocenters. The second-order valence-corrected chi connectivity index (χ2v) is 5.39. The molecule has 1 aliphatic rings. The Morgan fingerprint density at radius 1 is 1.05 bits per heavy atom. The summed E-state index contributed by atoms with van der Waals surface area (Å²) in [6.45, 7) is 0. The van der Waals surface area contributed by atoms with Crippen LogP contribution in [0.15, 0.2) is 42.6 Å². The van der Waals surface area contributed by atoms with Gasteiger partial charge in [-0.2, -0.15) is 13.2 Å². The summed E-state index contributed by atoms with van der Waals surface area (Å²) in [5.74, 6) is 0.166. The van der Waals surface area contributed by atoms with Gasteiger partial charge in [-0.25, -0.2) is 0 Å². The Morgan fingerprint density at radius 3 is 2.43 bits per heavy atom. The maximum atomic E-state index is 12.8. The van der Waals surface area contributed by atoms with Gasteiger partial charge in [0.05, 0.1) is 16.9 Å². The van der Waals surface area contributed by atoms with Gasteiger partial charge in [0.25, 0.3) is 0 Å². The molecule has 0 amide bonds. The summed E-state index contributed by atoms with van der Waals surface area (Å²) < 4.78 is 38.4. The van der Waals surface area contributed by atoms with Crippen LogP contribution in [-0.2, 0) is 6.18 Å². The fourth-order valence-corrected chi connectivity index (χ4v) is 2.91. The van der Waals surface area contributed by atoms with Crippen LogP contribution in [0.5, 0.6) is 0 Å². The molecule has 5 heteroatoms. The van der Waals surface area contributed by atoms with Crippen molar-refractivity contribution >= 4 is 5.69 Å². The van der Waals surface area contributed by atoms with Crippen molar-refractivity contribution in [3.05, 3.63) is 59.4 Å². The van der Waals surface area contributed by atoms with Gasteiger partial charge < -0.3 is 5.73 Å². The molecule has 1 aliphatic carbocycles. The number of anilines is 1. The zero-order valence-electron chi connectivity index (χ0n) is 11.3. The quantitative estimate of drug-likeness (QED) is 0.894. The standard InChI is InChI=1S/C16H15F3N2/c17-16(18,19)11-4-1-3-10(9-11)12-6-7-13(12)15-14(20)5-2-8-21-15/h1-5,8-9,12-13H,6-7,20H2. The third-order valence-electron chi connectivity index (χ3n) is 4.14. The highest BCUT2D eigenvalue weighted by Gasteiger charge is 2.37. The lowest BCUT2D eigenvalue weighted by Crippen LogP contribution is -2.24. The van der Waals surface area contributed by atoms with Crippen LogP contribution in [-0.4, -0.2) is 4.98 Å². The molecule has 21 heavy (non-hydrogen) atoms. The van der Waals surface area contributed by atoms with E-state index in [4.69, 9.17) is 5.73 Å². The van der Waals surface area contributed by atoms with E-state index in [0.717, 1.165) is 24.6 Å². The van der Waals surface area contributed by atoms with E-state index in [1.807, 2.05) is 0 Å². The first-order valence-electron chi connectivity index (χ1n) is 6.84. The molecule has 1 aromatic heterocycles. The Kier molecular flexibility index (Phi) is 3.35. The van der Waals surface area contributed by atoms with Gasteiger partial charge in [0.1, 0.15) is 0 Å². The minimum absolute atomic E-state index is 0.0597. The van der Waals surface area contributed by atoms with Gasteiger partial charge in [0.2, 0.25) is 0 Å². The SMILES string of the molecule is Nc1cccnc1C1CCC1c1cccc(C(F)(F)F)c1. The molecule has 2 N–H and O–H groups in total. The average Bonchev–Trinajstić information content (AvgIpc) is 2.39. The molecule has 1 fully saturated rings. The highest BCUT2D eigenvalue weighted by molar-refractivity contribution is 5.47. The Bertz CT molecular complexity index is 652. The molecule has 1 aromatic carbocycles. The van der Waals surface area contributed by atoms with E-state index >= 15 is 0 Å². The van der Waals surface area contributed by atoms with Crippen LogP contribution in [0.3, 0.4) is 0 Å². The molecule has 0 aliphatic heterocycles. The lowest BCUT2D eigenvalue weighted by molar-refractivity contribution is -0.137. The normalized spacial score (nSPS) is 21.9. The van der Waals surface area contributed by atoms with Crippen molar-refractivity contribution in [1.82, 2.24) is 4.98 Å². The maximum Gasteiger partial charge on any atom is 0.416 e. The molecular formula is C16H15F3N2. The van der Waals surface area contributed by atoms with Gasteiger partial charge in [0.15, 0.2) is 0 Å². The zero-order chi connectivity index (χ0) is 15.0. The third kappa shape index (κ3) is 2.60. The van der Waals surface area contributed by atoms with Gasteiger partial charge in [-0.3, -0.25) is 4.98 Å². The Hall–Kier alpha value is -2.04. The van der Waals surface area contributed by atoms with E-state index in [0.29, 0.717) is 11.3 Å². The predicted molar refractivity (Wildman–Crippen MR) is 74.8 cm³/mol. The first-order chi connectivity index (χ1) is 9.97. The van der Waals surface area contributed by atoms with Gasteiger partial charge in [-0.15, -0.1) is 0 Å². The zero-order valence-corrected chi connectivity index (χ0v) is 11.3. The van der Waals surface area contributed by atoms with Crippen molar-refractivity contribution in [3.8, 4) is 0 Å². The molecule has 1 saturated carbocycles. The number of benzene rings is 1. The fourth-order valence-electron chi connectivity index (χ4n) is 2.91. The van der Waals surface area contributed by atoms with Crippen LogP contribution in [0.25, 0.3) is 0 Å². The van der Waals surface area contributed by atoms with Crippen LogP contribution in [0.2, 0.25) is 0 Å². The predicted octanol–water partition coefficient (Wildman–Crippen LogP) is 4.34. The monoisotopic (exact) mass is 292 g/mol. The number of alkyl halides is 3. The topological polar surface area (TPSA) is 38.9 Å². The Balaban J connectivity index is 1.90. The van der Waals surface area contributed by atoms with Gasteiger partial charge in [-0.05, 0) is 42.5 Å². The number of pyridine rings is 1. The molecule has 2 nitrogen and oxygen atoms in total. The lowest BCUT2D eigenvalue weighted by Gasteiger charge is -2.37. The average molecular weight is 292 g/mol. The number of hydrogen-bond donors (Lipinski definition) is 1. The molecule has 0 saturated heterocycles. The molecule has 0 spiro atoms. The number of halogens is 3. The van der Waals surface area contributed by atoms with Gasteiger partial charge >= 0.3 is 6.18 Å². The number of nitrogen functional groups attached to an aromatic ring is 1. The van der Waals surface area contributed by atoms with E-state index in [9.17, 15) is 13.2 Å². The first kappa shape index (κ1) is 13.9. The highest BCUT2D eigenvalue weighted by atomic mass is 19.4. The lowest BCUT2D eigenvalue weighted by atomic mass is 9.68. The summed E-state index contributed by atoms with van der Waals surface area (Å²) in [4.78, 5) is 4.30. The van der Waals surface area contributed by atoms with Crippen LogP contribution in [0, 0.1) is 0 Å². The molecule has 3 rings (SSSR count). The summed E-state index contributed by atoms with van der Waals surface area (Å²) in [5, 5.41) is 0. The fraction of sp³-hybridized carbons (Fsp3) is 0.312. The summed E-state index contributed by atoms with van der Waals surface area (Å²) in [6, 6.07) is 9.11. The number of hydrogen-bond acceptors (Lipinski definition) is 2. The van der Waals surface area contributed by atoms with Crippen LogP contribution in [0.1, 0.15) is 41.5 Å². The first-order valence-corrected chi connectivity index (χ1v) is 6.84. The number of nitrogens with two attached hydrogens (primary N) is 1. The van der Waals surface area contributed by atoms with E-state index < -0.39 is 11.7 Å². The van der Waals surface area contributed by atoms with Gasteiger partial charge in [0, 0.05) is 12.1 Å². The largest absolute Gasteiger partial charge is 0.416 e. The second-order valence-electron chi connectivity index (χ2n) is 5.39. The van der Waals surface area contributed by atoms with Crippen LogP contribution >= 0.6 is 0 Å². The summed E-state index contributed by atoms with van der Waals surface area (Å²) in [6.07, 6.45) is -0.864. The van der Waals surface area contributed by atoms with E-state index in [1.165, 1.54) is 12.1 Å². The van der Waals surface area contributed by atoms with Crippen molar-refractivity contribution in [2.24, 2.45) is 0 Å². The molecule has 2 aromatic rings. The molecule has 0 bridgehead atoms. The van der Waals surface area contributed by atoms with Gasteiger partial charge in [-0.1, -0.05) is 18.2 Å². The van der Waals surface area contributed by atoms with Crippen molar-refractivity contribution < 1.29 is 13.2 Å². The minimum atomic E-state index is -4.31. The van der Waals surface area contributed by atoms with Crippen molar-refractivity contribution in [2.45, 2.75) is 30.9 Å². The Morgan fingerprint density at radius 2 is 1.81 bits per heavy atom. The number of nitrogens with zero attached hydrogens (tertiary/aromatic N) is 1. The van der Waals surface area contributed by atoms with E-state index in [1.54, 1.807) is 24.4 Å². The Labute approximate surface area is 120 Å². The van der Waals surface area contributed by atoms with E-state index in [-0.39, 0.29) is 11.8 Å². The molecule has 1 heterocycles. The van der Waals surface area contributed by atoms with E-state index in [2.05, 4.69) is 4.98 Å². The second kappa shape index (κ2) is 5.06. The smallest absolute Gasteiger partial charge is 0.397 e. The molecule has 0 radical (unpaired) electrons. The summed E-state index contributed by atoms with van der Waals surface area (Å²) in [7, 11) is 0. The maximum absolute atomic E-state index is 12.8. The minimum Gasteiger partial charge on any atom is -0.397 e. The number of aromatic nitrogens is 1. The summed E-state index contributed by atoms with van der Waals surface area (Å²) in [5.41, 5.74) is 7.45. The van der Waals surface area contributed by atoms with Crippen LogP contribution in [0.4, 0.5) is 18.9 Å². The van der Waals surface area contributed by atoms with Crippen molar-refractivity contribution in [3.63, 3.8) is 0 Å². The third-order valence-corrected chi connectivity index (χ3v) is 4.14. The summed E-state index contributed by atoms with van der Waals surface area (Å²) >= 11 is 0. The highest BCUT2D eigenvalue weighted by Crippen LogP contribution is 2.50. The molecule has 110 valence electrons. The van der Waals surface area contributed by atoms with Crippen molar-refractivity contribution in [1.29, 1.82) is 0 Å². The number of rotatable bonds is 2. The van der Waals surface area contributed by atoms with Crippen molar-refractivity contribution in [2.75, 3.05) is 5.73 Å². The molecule has 2 unspecified atom stereocenters.